The van der Waals surface area contributed by atoms with Crippen LogP contribution in [0.5, 0.6) is 0 Å². The standard InChI is InChI=1S/C13H20N2O/c1-13(6-8-16-10-13)15-7-5-11-3-2-4-12(14)9-11/h2-4,9,15H,5-8,10,14H2,1H3. The Bertz CT molecular complexity index is 346. The molecular formula is C13H20N2O. The molecule has 1 aliphatic heterocycles. The molecule has 2 rings (SSSR count). The zero-order valence-corrected chi connectivity index (χ0v) is 9.83. The van der Waals surface area contributed by atoms with E-state index in [-0.39, 0.29) is 5.54 Å². The predicted molar refractivity (Wildman–Crippen MR) is 66.4 cm³/mol. The summed E-state index contributed by atoms with van der Waals surface area (Å²) in [4.78, 5) is 0. The van der Waals surface area contributed by atoms with Gasteiger partial charge in [-0.15, -0.1) is 0 Å². The van der Waals surface area contributed by atoms with Crippen molar-refractivity contribution >= 4 is 5.69 Å². The molecule has 1 fully saturated rings. The van der Waals surface area contributed by atoms with E-state index < -0.39 is 0 Å². The first-order valence-corrected chi connectivity index (χ1v) is 5.85. The zero-order valence-electron chi connectivity index (χ0n) is 9.83. The molecule has 0 saturated carbocycles. The van der Waals surface area contributed by atoms with Gasteiger partial charge < -0.3 is 15.8 Å². The van der Waals surface area contributed by atoms with Gasteiger partial charge in [-0.1, -0.05) is 12.1 Å². The minimum Gasteiger partial charge on any atom is -0.399 e. The number of nitrogens with two attached hydrogens (primary N) is 1. The fourth-order valence-electron chi connectivity index (χ4n) is 2.06. The van der Waals surface area contributed by atoms with Crippen LogP contribution in [0.25, 0.3) is 0 Å². The van der Waals surface area contributed by atoms with Crippen LogP contribution < -0.4 is 11.1 Å². The highest BCUT2D eigenvalue weighted by Gasteiger charge is 2.28. The van der Waals surface area contributed by atoms with Gasteiger partial charge in [-0.2, -0.15) is 0 Å². The van der Waals surface area contributed by atoms with Gasteiger partial charge in [-0.05, 0) is 44.0 Å². The van der Waals surface area contributed by atoms with E-state index in [4.69, 9.17) is 10.5 Å². The Labute approximate surface area is 97.0 Å². The lowest BCUT2D eigenvalue weighted by Crippen LogP contribution is -2.43. The number of anilines is 1. The Morgan fingerprint density at radius 2 is 2.38 bits per heavy atom. The fraction of sp³-hybridized carbons (Fsp3) is 0.538. The minimum atomic E-state index is 0.167. The summed E-state index contributed by atoms with van der Waals surface area (Å²) in [6, 6.07) is 8.08. The molecule has 3 N–H and O–H groups in total. The average molecular weight is 220 g/mol. The Morgan fingerprint density at radius 3 is 3.06 bits per heavy atom. The number of nitrogen functional groups attached to an aromatic ring is 1. The molecule has 0 bridgehead atoms. The average Bonchev–Trinajstić information content (AvgIpc) is 2.65. The molecule has 0 radical (unpaired) electrons. The number of rotatable bonds is 4. The maximum Gasteiger partial charge on any atom is 0.0646 e. The summed E-state index contributed by atoms with van der Waals surface area (Å²) in [6.07, 6.45) is 2.12. The van der Waals surface area contributed by atoms with Crippen LogP contribution in [0, 0.1) is 0 Å². The molecule has 1 atom stereocenters. The number of hydrogen-bond acceptors (Lipinski definition) is 3. The van der Waals surface area contributed by atoms with Crippen LogP contribution in [0.4, 0.5) is 5.69 Å². The maximum atomic E-state index is 5.74. The topological polar surface area (TPSA) is 47.3 Å². The van der Waals surface area contributed by atoms with Crippen LogP contribution >= 0.6 is 0 Å². The molecule has 3 nitrogen and oxygen atoms in total. The highest BCUT2D eigenvalue weighted by atomic mass is 16.5. The molecule has 88 valence electrons. The third-order valence-corrected chi connectivity index (χ3v) is 3.14. The first-order valence-electron chi connectivity index (χ1n) is 5.85. The number of benzene rings is 1. The molecule has 0 aliphatic carbocycles. The smallest absolute Gasteiger partial charge is 0.0646 e. The Kier molecular flexibility index (Phi) is 3.46. The number of ether oxygens (including phenoxy) is 1. The second kappa shape index (κ2) is 4.85. The summed E-state index contributed by atoms with van der Waals surface area (Å²) in [6.45, 7) is 4.90. The van der Waals surface area contributed by atoms with Crippen LogP contribution in [-0.4, -0.2) is 25.3 Å². The lowest BCUT2D eigenvalue weighted by atomic mass is 10.0. The van der Waals surface area contributed by atoms with E-state index in [1.54, 1.807) is 0 Å². The van der Waals surface area contributed by atoms with E-state index in [1.165, 1.54) is 5.56 Å². The molecule has 0 amide bonds. The van der Waals surface area contributed by atoms with Crippen molar-refractivity contribution in [1.29, 1.82) is 0 Å². The molecule has 1 aromatic carbocycles. The fourth-order valence-corrected chi connectivity index (χ4v) is 2.06. The summed E-state index contributed by atoms with van der Waals surface area (Å²) < 4.78 is 5.40. The van der Waals surface area contributed by atoms with Crippen molar-refractivity contribution in [2.75, 3.05) is 25.5 Å². The molecule has 1 aromatic rings. The van der Waals surface area contributed by atoms with E-state index in [0.29, 0.717) is 0 Å². The molecule has 1 unspecified atom stereocenters. The molecular weight excluding hydrogens is 200 g/mol. The monoisotopic (exact) mass is 220 g/mol. The number of hydrogen-bond donors (Lipinski definition) is 2. The quantitative estimate of drug-likeness (QED) is 0.757. The molecule has 16 heavy (non-hydrogen) atoms. The van der Waals surface area contributed by atoms with E-state index in [9.17, 15) is 0 Å². The molecule has 0 spiro atoms. The van der Waals surface area contributed by atoms with Gasteiger partial charge >= 0.3 is 0 Å². The molecule has 1 aliphatic rings. The minimum absolute atomic E-state index is 0.167. The van der Waals surface area contributed by atoms with Gasteiger partial charge in [-0.25, -0.2) is 0 Å². The summed E-state index contributed by atoms with van der Waals surface area (Å²) in [5, 5.41) is 3.56. The summed E-state index contributed by atoms with van der Waals surface area (Å²) in [5.41, 5.74) is 8.03. The summed E-state index contributed by atoms with van der Waals surface area (Å²) >= 11 is 0. The van der Waals surface area contributed by atoms with Gasteiger partial charge in [0.2, 0.25) is 0 Å². The van der Waals surface area contributed by atoms with Crippen LogP contribution in [0.3, 0.4) is 0 Å². The zero-order chi connectivity index (χ0) is 11.4. The van der Waals surface area contributed by atoms with Crippen molar-refractivity contribution in [1.82, 2.24) is 5.32 Å². The van der Waals surface area contributed by atoms with E-state index in [0.717, 1.165) is 38.3 Å². The van der Waals surface area contributed by atoms with E-state index in [2.05, 4.69) is 18.3 Å². The lowest BCUT2D eigenvalue weighted by Gasteiger charge is -2.23. The van der Waals surface area contributed by atoms with Gasteiger partial charge in [0.25, 0.3) is 0 Å². The first-order chi connectivity index (χ1) is 7.68. The second-order valence-corrected chi connectivity index (χ2v) is 4.79. The normalized spacial score (nSPS) is 24.8. The van der Waals surface area contributed by atoms with E-state index >= 15 is 0 Å². The van der Waals surface area contributed by atoms with Gasteiger partial charge in [-0.3, -0.25) is 0 Å². The largest absolute Gasteiger partial charge is 0.399 e. The summed E-state index contributed by atoms with van der Waals surface area (Å²) in [5.74, 6) is 0. The van der Waals surface area contributed by atoms with Crippen LogP contribution in [0.15, 0.2) is 24.3 Å². The van der Waals surface area contributed by atoms with Crippen molar-refractivity contribution in [2.24, 2.45) is 0 Å². The highest BCUT2D eigenvalue weighted by molar-refractivity contribution is 5.40. The van der Waals surface area contributed by atoms with Crippen molar-refractivity contribution in [3.8, 4) is 0 Å². The van der Waals surface area contributed by atoms with Gasteiger partial charge in [0.15, 0.2) is 0 Å². The van der Waals surface area contributed by atoms with Gasteiger partial charge in [0.1, 0.15) is 0 Å². The van der Waals surface area contributed by atoms with Crippen LogP contribution in [0.2, 0.25) is 0 Å². The Hall–Kier alpha value is -1.06. The SMILES string of the molecule is CC1(NCCc2cccc(N)c2)CCOC1. The van der Waals surface area contributed by atoms with Gasteiger partial charge in [0, 0.05) is 17.8 Å². The van der Waals surface area contributed by atoms with Crippen LogP contribution in [0.1, 0.15) is 18.9 Å². The molecule has 1 heterocycles. The highest BCUT2D eigenvalue weighted by Crippen LogP contribution is 2.17. The number of nitrogens with one attached hydrogen (secondary N) is 1. The Morgan fingerprint density at radius 1 is 1.50 bits per heavy atom. The van der Waals surface area contributed by atoms with Crippen molar-refractivity contribution in [2.45, 2.75) is 25.3 Å². The lowest BCUT2D eigenvalue weighted by molar-refractivity contribution is 0.172. The van der Waals surface area contributed by atoms with Crippen LogP contribution in [-0.2, 0) is 11.2 Å². The van der Waals surface area contributed by atoms with Crippen molar-refractivity contribution in [3.63, 3.8) is 0 Å². The van der Waals surface area contributed by atoms with Gasteiger partial charge in [0.05, 0.1) is 6.61 Å². The Balaban J connectivity index is 1.79. The predicted octanol–water partition coefficient (Wildman–Crippen LogP) is 1.58. The third kappa shape index (κ3) is 2.97. The summed E-state index contributed by atoms with van der Waals surface area (Å²) in [7, 11) is 0. The molecule has 3 heteroatoms. The van der Waals surface area contributed by atoms with Crippen molar-refractivity contribution < 1.29 is 4.74 Å². The van der Waals surface area contributed by atoms with Crippen molar-refractivity contribution in [3.05, 3.63) is 29.8 Å². The second-order valence-electron chi connectivity index (χ2n) is 4.79. The maximum absolute atomic E-state index is 5.74. The molecule has 1 saturated heterocycles. The van der Waals surface area contributed by atoms with E-state index in [1.807, 2.05) is 18.2 Å². The first kappa shape index (κ1) is 11.4. The third-order valence-electron chi connectivity index (χ3n) is 3.14. The molecule has 0 aromatic heterocycles.